The Bertz CT molecular complexity index is 1950. The van der Waals surface area contributed by atoms with E-state index >= 15 is 8.78 Å². The summed E-state index contributed by atoms with van der Waals surface area (Å²) in [4.78, 5) is 40.5. The van der Waals surface area contributed by atoms with Gasteiger partial charge in [-0.15, -0.1) is 0 Å². The summed E-state index contributed by atoms with van der Waals surface area (Å²) in [6, 6.07) is 4.30. The number of carbonyl (C=O) groups is 1. The lowest BCUT2D eigenvalue weighted by molar-refractivity contribution is -0.129. The number of phenols is 1. The van der Waals surface area contributed by atoms with Crippen LogP contribution in [0.15, 0.2) is 48.0 Å². The van der Waals surface area contributed by atoms with E-state index in [1.54, 1.807) is 4.90 Å². The number of hydrogen-bond acceptors (Lipinski definition) is 7. The van der Waals surface area contributed by atoms with E-state index in [1.807, 2.05) is 39.5 Å². The molecule has 4 heterocycles. The molecular formula is C35H36ClF2N5O4. The Kier molecular flexibility index (Phi) is 8.46. The number of piperazine rings is 1. The molecule has 0 saturated carbocycles. The van der Waals surface area contributed by atoms with Crippen molar-refractivity contribution in [1.82, 2.24) is 19.4 Å². The van der Waals surface area contributed by atoms with Crippen LogP contribution in [0.5, 0.6) is 11.5 Å². The maximum absolute atomic E-state index is 16.5. The summed E-state index contributed by atoms with van der Waals surface area (Å²) in [7, 11) is 0. The summed E-state index contributed by atoms with van der Waals surface area (Å²) >= 11 is 7.15. The van der Waals surface area contributed by atoms with E-state index in [0.29, 0.717) is 42.3 Å². The molecule has 0 aliphatic carbocycles. The van der Waals surface area contributed by atoms with Crippen molar-refractivity contribution in [3.63, 3.8) is 0 Å². The zero-order chi connectivity index (χ0) is 33.9. The first-order chi connectivity index (χ1) is 22.4. The molecule has 0 spiro atoms. The number of halogens is 3. The van der Waals surface area contributed by atoms with Crippen LogP contribution in [-0.2, 0) is 4.79 Å². The number of rotatable bonds is 5. The van der Waals surface area contributed by atoms with Crippen LogP contribution >= 0.6 is 11.6 Å². The van der Waals surface area contributed by atoms with Gasteiger partial charge in [0.25, 0.3) is 5.56 Å². The lowest BCUT2D eigenvalue weighted by Gasteiger charge is -2.45. The molecule has 1 amide bonds. The summed E-state index contributed by atoms with van der Waals surface area (Å²) in [6.07, 6.45) is 3.20. The fraction of sp³-hybridized carbons (Fsp3) is 0.371. The van der Waals surface area contributed by atoms with Crippen molar-refractivity contribution >= 4 is 34.1 Å². The Labute approximate surface area is 276 Å². The normalized spacial score (nSPS) is 17.8. The van der Waals surface area contributed by atoms with Crippen molar-refractivity contribution in [2.24, 2.45) is 0 Å². The molecular weight excluding hydrogens is 628 g/mol. The SMILES string of the molecule is C=CC(=O)N1CC2CCOc3c(c4cc(F)c(-c5c(O)cccc5F)c(Cl)c4n(-c4c(C(C)C)ncnc4C(C)C)c3=O)N2CC1C. The maximum atomic E-state index is 16.5. The average molecular weight is 664 g/mol. The van der Waals surface area contributed by atoms with Gasteiger partial charge in [0.1, 0.15) is 23.7 Å². The number of pyridine rings is 1. The quantitative estimate of drug-likeness (QED) is 0.237. The van der Waals surface area contributed by atoms with Gasteiger partial charge in [-0.05, 0) is 43.0 Å². The average Bonchev–Trinajstić information content (AvgIpc) is 3.21. The number of ether oxygens (including phenoxy) is 1. The van der Waals surface area contributed by atoms with Gasteiger partial charge >= 0.3 is 0 Å². The Morgan fingerprint density at radius 1 is 1.09 bits per heavy atom. The Morgan fingerprint density at radius 2 is 1.77 bits per heavy atom. The van der Waals surface area contributed by atoms with E-state index in [-0.39, 0.29) is 58.1 Å². The fourth-order valence-electron chi connectivity index (χ4n) is 6.81. The number of carbonyl (C=O) groups excluding carboxylic acids is 1. The first-order valence-electron chi connectivity index (χ1n) is 15.6. The zero-order valence-corrected chi connectivity index (χ0v) is 27.6. The lowest BCUT2D eigenvalue weighted by Crippen LogP contribution is -2.59. The minimum Gasteiger partial charge on any atom is -0.507 e. The van der Waals surface area contributed by atoms with Crippen LogP contribution in [0, 0.1) is 11.6 Å². The van der Waals surface area contributed by atoms with Crippen LogP contribution in [0.25, 0.3) is 27.7 Å². The summed E-state index contributed by atoms with van der Waals surface area (Å²) < 4.78 is 39.4. The number of amides is 1. The van der Waals surface area contributed by atoms with E-state index in [0.717, 1.165) is 6.07 Å². The van der Waals surface area contributed by atoms with Crippen LogP contribution in [0.2, 0.25) is 5.02 Å². The molecule has 2 atom stereocenters. The highest BCUT2D eigenvalue weighted by atomic mass is 35.5. The molecule has 2 aromatic carbocycles. The van der Waals surface area contributed by atoms with E-state index in [4.69, 9.17) is 16.3 Å². The Morgan fingerprint density at radius 3 is 2.38 bits per heavy atom. The molecule has 1 fully saturated rings. The number of nitrogens with zero attached hydrogens (tertiary/aromatic N) is 5. The van der Waals surface area contributed by atoms with Crippen molar-refractivity contribution in [3.05, 3.63) is 81.6 Å². The van der Waals surface area contributed by atoms with Gasteiger partial charge in [-0.2, -0.15) is 0 Å². The van der Waals surface area contributed by atoms with Crippen LogP contribution in [0.1, 0.15) is 64.3 Å². The minimum absolute atomic E-state index is 0.000850. The standard InChI is InChI=1S/C35H36ClF2N5O4/c1-7-25(45)41-15-20-11-12-47-34-32(42(20)14-19(41)6)21-13-23(38)27(26-22(37)9-8-10-24(26)44)28(36)31(21)43(35(34)46)33-29(17(2)3)39-16-40-30(33)18(4)5/h7-10,13,16-20,44H,1,11-12,14-15H2,2-6H3. The highest BCUT2D eigenvalue weighted by Gasteiger charge is 2.40. The summed E-state index contributed by atoms with van der Waals surface area (Å²) in [6.45, 7) is 14.1. The predicted octanol–water partition coefficient (Wildman–Crippen LogP) is 6.71. The number of hydrogen-bond donors (Lipinski definition) is 1. The van der Waals surface area contributed by atoms with Gasteiger partial charge in [0.15, 0.2) is 0 Å². The zero-order valence-electron chi connectivity index (χ0n) is 26.9. The third kappa shape index (κ3) is 5.21. The summed E-state index contributed by atoms with van der Waals surface area (Å²) in [5, 5.41) is 10.7. The molecule has 1 N–H and O–H groups in total. The van der Waals surface area contributed by atoms with Crippen molar-refractivity contribution < 1.29 is 23.4 Å². The van der Waals surface area contributed by atoms with E-state index < -0.39 is 34.1 Å². The van der Waals surface area contributed by atoms with Crippen LogP contribution in [-0.4, -0.2) is 62.2 Å². The molecule has 12 heteroatoms. The molecule has 0 bridgehead atoms. The smallest absolute Gasteiger partial charge is 0.300 e. The van der Waals surface area contributed by atoms with E-state index in [9.17, 15) is 14.7 Å². The number of fused-ring (bicyclic) bond motifs is 5. The van der Waals surface area contributed by atoms with Crippen molar-refractivity contribution in [3.8, 4) is 28.3 Å². The second-order valence-electron chi connectivity index (χ2n) is 12.7. The van der Waals surface area contributed by atoms with Crippen LogP contribution in [0.4, 0.5) is 14.5 Å². The predicted molar refractivity (Wildman–Crippen MR) is 178 cm³/mol. The lowest BCUT2D eigenvalue weighted by atomic mass is 9.97. The summed E-state index contributed by atoms with van der Waals surface area (Å²) in [5.41, 5.74) is 0.530. The number of benzene rings is 2. The Balaban J connectivity index is 1.79. The second kappa shape index (κ2) is 12.3. The van der Waals surface area contributed by atoms with Gasteiger partial charge in [-0.25, -0.2) is 18.7 Å². The molecule has 4 aromatic rings. The fourth-order valence-corrected chi connectivity index (χ4v) is 7.18. The summed E-state index contributed by atoms with van der Waals surface area (Å²) in [5.74, 6) is -2.84. The molecule has 2 aromatic heterocycles. The molecule has 2 aliphatic rings. The molecule has 9 nitrogen and oxygen atoms in total. The molecule has 2 unspecified atom stereocenters. The van der Waals surface area contributed by atoms with Crippen molar-refractivity contribution in [1.29, 1.82) is 0 Å². The third-order valence-electron chi connectivity index (χ3n) is 9.00. The molecule has 2 aliphatic heterocycles. The van der Waals surface area contributed by atoms with E-state index in [1.165, 1.54) is 35.2 Å². The molecule has 6 rings (SSSR count). The van der Waals surface area contributed by atoms with Crippen LogP contribution < -0.4 is 15.2 Å². The maximum Gasteiger partial charge on any atom is 0.300 e. The molecule has 1 saturated heterocycles. The van der Waals surface area contributed by atoms with Gasteiger partial charge in [0.05, 0.1) is 51.5 Å². The van der Waals surface area contributed by atoms with Gasteiger partial charge in [-0.1, -0.05) is 51.9 Å². The van der Waals surface area contributed by atoms with Gasteiger partial charge in [0.2, 0.25) is 11.7 Å². The number of aromatic hydroxyl groups is 1. The topological polar surface area (TPSA) is 101 Å². The first-order valence-corrected chi connectivity index (χ1v) is 16.0. The highest BCUT2D eigenvalue weighted by molar-refractivity contribution is 6.38. The van der Waals surface area contributed by atoms with Gasteiger partial charge in [0, 0.05) is 36.5 Å². The first kappa shape index (κ1) is 32.4. The van der Waals surface area contributed by atoms with E-state index in [2.05, 4.69) is 16.5 Å². The van der Waals surface area contributed by atoms with Gasteiger partial charge < -0.3 is 19.6 Å². The van der Waals surface area contributed by atoms with Crippen molar-refractivity contribution in [2.45, 2.75) is 65.0 Å². The molecule has 246 valence electrons. The number of phenolic OH excluding ortho intramolecular Hbond substituents is 1. The van der Waals surface area contributed by atoms with Crippen LogP contribution in [0.3, 0.4) is 0 Å². The minimum atomic E-state index is -0.901. The van der Waals surface area contributed by atoms with Crippen molar-refractivity contribution in [2.75, 3.05) is 24.6 Å². The Hall–Kier alpha value is -4.51. The largest absolute Gasteiger partial charge is 0.507 e. The number of aromatic nitrogens is 3. The third-order valence-corrected chi connectivity index (χ3v) is 9.37. The second-order valence-corrected chi connectivity index (χ2v) is 13.1. The molecule has 47 heavy (non-hydrogen) atoms. The highest BCUT2D eigenvalue weighted by Crippen LogP contribution is 2.48. The van der Waals surface area contributed by atoms with Gasteiger partial charge in [-0.3, -0.25) is 14.2 Å². The monoisotopic (exact) mass is 663 g/mol. The molecule has 0 radical (unpaired) electrons. The number of anilines is 1.